The van der Waals surface area contributed by atoms with Gasteiger partial charge in [-0.2, -0.15) is 0 Å². The number of hydrogen-bond acceptors (Lipinski definition) is 5. The zero-order chi connectivity index (χ0) is 20.5. The van der Waals surface area contributed by atoms with Crippen molar-refractivity contribution < 1.29 is 13.5 Å². The van der Waals surface area contributed by atoms with Crippen molar-refractivity contribution in [2.75, 3.05) is 31.6 Å². The summed E-state index contributed by atoms with van der Waals surface area (Å²) in [5.41, 5.74) is 2.54. The van der Waals surface area contributed by atoms with Crippen LogP contribution in [0.15, 0.2) is 45.6 Å². The second kappa shape index (κ2) is 7.87. The van der Waals surface area contributed by atoms with E-state index in [1.54, 1.807) is 25.3 Å². The van der Waals surface area contributed by atoms with Gasteiger partial charge in [-0.15, -0.1) is 0 Å². The number of aryl methyl sites for hydroxylation is 1. The minimum absolute atomic E-state index is 0.268. The van der Waals surface area contributed by atoms with Crippen molar-refractivity contribution in [1.82, 2.24) is 5.32 Å². The maximum absolute atomic E-state index is 15.0. The van der Waals surface area contributed by atoms with Crippen LogP contribution >= 0.6 is 0 Å². The van der Waals surface area contributed by atoms with Crippen molar-refractivity contribution >= 4 is 16.7 Å². The number of methoxy groups -OCH3 is 1. The highest BCUT2D eigenvalue weighted by Gasteiger charge is 2.19. The van der Waals surface area contributed by atoms with Crippen LogP contribution in [-0.2, 0) is 6.42 Å². The molecule has 0 unspecified atom stereocenters. The van der Waals surface area contributed by atoms with Crippen molar-refractivity contribution in [1.29, 1.82) is 0 Å². The van der Waals surface area contributed by atoms with Gasteiger partial charge in [0.1, 0.15) is 17.1 Å². The van der Waals surface area contributed by atoms with Crippen molar-refractivity contribution in [3.05, 3.63) is 58.2 Å². The van der Waals surface area contributed by atoms with E-state index in [0.29, 0.717) is 22.6 Å². The standard InChI is InChI=1S/C23H25FN2O3/c1-4-15-9-16(5-6-21(15)28-3)18-12-19-20(24)10-17(11-22(19)29-23(18)27)26-8-7-25-14(2)13-26/h5-6,9-12,14,25H,4,7-8,13H2,1-3H3/t14-/m0/s1. The maximum atomic E-state index is 15.0. The number of hydrogen-bond donors (Lipinski definition) is 1. The molecule has 5 nitrogen and oxygen atoms in total. The number of nitrogens with zero attached hydrogens (tertiary/aromatic N) is 1. The van der Waals surface area contributed by atoms with Crippen LogP contribution in [0.5, 0.6) is 5.75 Å². The Morgan fingerprint density at radius 1 is 1.28 bits per heavy atom. The molecule has 1 aromatic heterocycles. The van der Waals surface area contributed by atoms with Crippen LogP contribution < -0.4 is 20.6 Å². The zero-order valence-corrected chi connectivity index (χ0v) is 16.9. The fraction of sp³-hybridized carbons (Fsp3) is 0.348. The normalized spacial score (nSPS) is 17.0. The van der Waals surface area contributed by atoms with Gasteiger partial charge in [-0.3, -0.25) is 0 Å². The molecule has 3 aromatic rings. The van der Waals surface area contributed by atoms with Crippen molar-refractivity contribution in [2.45, 2.75) is 26.3 Å². The summed E-state index contributed by atoms with van der Waals surface area (Å²) in [5, 5.41) is 3.67. The Labute approximate surface area is 169 Å². The summed E-state index contributed by atoms with van der Waals surface area (Å²) < 4.78 is 25.9. The number of ether oxygens (including phenoxy) is 1. The molecule has 0 spiro atoms. The summed E-state index contributed by atoms with van der Waals surface area (Å²) in [6.07, 6.45) is 0.761. The second-order valence-electron chi connectivity index (χ2n) is 7.47. The highest BCUT2D eigenvalue weighted by molar-refractivity contribution is 5.85. The molecule has 6 heteroatoms. The molecular weight excluding hydrogens is 371 g/mol. The predicted octanol–water partition coefficient (Wildman–Crippen LogP) is 3.97. The van der Waals surface area contributed by atoms with Crippen molar-refractivity contribution in [3.63, 3.8) is 0 Å². The molecule has 0 amide bonds. The van der Waals surface area contributed by atoms with Crippen molar-refractivity contribution in [2.24, 2.45) is 0 Å². The Kier molecular flexibility index (Phi) is 5.28. The molecule has 1 N–H and O–H groups in total. The molecule has 0 aliphatic carbocycles. The molecule has 1 aliphatic rings. The van der Waals surface area contributed by atoms with E-state index in [-0.39, 0.29) is 5.58 Å². The summed E-state index contributed by atoms with van der Waals surface area (Å²) in [7, 11) is 1.62. The number of fused-ring (bicyclic) bond motifs is 1. The van der Waals surface area contributed by atoms with E-state index >= 15 is 0 Å². The summed E-state index contributed by atoms with van der Waals surface area (Å²) in [6.45, 7) is 6.50. The van der Waals surface area contributed by atoms with Crippen LogP contribution in [-0.4, -0.2) is 32.8 Å². The Morgan fingerprint density at radius 2 is 2.10 bits per heavy atom. The van der Waals surface area contributed by atoms with Gasteiger partial charge in [-0.05, 0) is 48.7 Å². The molecular formula is C23H25FN2O3. The van der Waals surface area contributed by atoms with E-state index in [4.69, 9.17) is 9.15 Å². The maximum Gasteiger partial charge on any atom is 0.344 e. The van der Waals surface area contributed by atoms with Gasteiger partial charge in [0.25, 0.3) is 0 Å². The van der Waals surface area contributed by atoms with E-state index in [0.717, 1.165) is 43.1 Å². The smallest absolute Gasteiger partial charge is 0.344 e. The predicted molar refractivity (Wildman–Crippen MR) is 113 cm³/mol. The average molecular weight is 396 g/mol. The molecule has 1 aliphatic heterocycles. The van der Waals surface area contributed by atoms with Crippen LogP contribution in [0.4, 0.5) is 10.1 Å². The van der Waals surface area contributed by atoms with Crippen LogP contribution in [0.25, 0.3) is 22.1 Å². The van der Waals surface area contributed by atoms with E-state index in [1.165, 1.54) is 6.07 Å². The number of halogens is 1. The van der Waals surface area contributed by atoms with Gasteiger partial charge in [0, 0.05) is 37.4 Å². The fourth-order valence-electron chi connectivity index (χ4n) is 3.93. The van der Waals surface area contributed by atoms with Crippen molar-refractivity contribution in [3.8, 4) is 16.9 Å². The lowest BCUT2D eigenvalue weighted by Gasteiger charge is -2.33. The van der Waals surface area contributed by atoms with Crippen LogP contribution in [0.3, 0.4) is 0 Å². The Morgan fingerprint density at radius 3 is 2.83 bits per heavy atom. The monoisotopic (exact) mass is 396 g/mol. The first-order valence-electron chi connectivity index (χ1n) is 9.93. The number of nitrogens with one attached hydrogen (secondary N) is 1. The number of benzene rings is 2. The number of anilines is 1. The summed E-state index contributed by atoms with van der Waals surface area (Å²) in [6, 6.07) is 10.7. The first-order valence-corrected chi connectivity index (χ1v) is 9.93. The number of piperazine rings is 1. The van der Waals surface area contributed by atoms with E-state index in [2.05, 4.69) is 17.1 Å². The lowest BCUT2D eigenvalue weighted by molar-refractivity contribution is 0.410. The fourth-order valence-corrected chi connectivity index (χ4v) is 3.93. The Hall–Kier alpha value is -2.86. The molecule has 0 bridgehead atoms. The van der Waals surface area contributed by atoms with E-state index in [9.17, 15) is 9.18 Å². The Balaban J connectivity index is 1.79. The molecule has 4 rings (SSSR count). The van der Waals surface area contributed by atoms with E-state index in [1.807, 2.05) is 19.1 Å². The average Bonchev–Trinajstić information content (AvgIpc) is 2.72. The minimum Gasteiger partial charge on any atom is -0.496 e. The molecule has 1 atom stereocenters. The lowest BCUT2D eigenvalue weighted by atomic mass is 10.0. The summed E-state index contributed by atoms with van der Waals surface area (Å²) in [5.74, 6) is 0.375. The largest absolute Gasteiger partial charge is 0.496 e. The molecule has 1 saturated heterocycles. The topological polar surface area (TPSA) is 54.7 Å². The van der Waals surface area contributed by atoms with Gasteiger partial charge < -0.3 is 19.4 Å². The zero-order valence-electron chi connectivity index (χ0n) is 16.9. The molecule has 0 radical (unpaired) electrons. The SMILES string of the molecule is CCc1cc(-c2cc3c(F)cc(N4CCN[C@@H](C)C4)cc3oc2=O)ccc1OC. The molecule has 2 aromatic carbocycles. The molecule has 152 valence electrons. The van der Waals surface area contributed by atoms with Gasteiger partial charge >= 0.3 is 5.63 Å². The molecule has 0 saturated carbocycles. The Bertz CT molecular complexity index is 1110. The third kappa shape index (κ3) is 3.72. The third-order valence-electron chi connectivity index (χ3n) is 5.49. The second-order valence-corrected chi connectivity index (χ2v) is 7.47. The quantitative estimate of drug-likeness (QED) is 0.677. The van der Waals surface area contributed by atoms with Gasteiger partial charge in [0.15, 0.2) is 0 Å². The van der Waals surface area contributed by atoms with Gasteiger partial charge in [-0.25, -0.2) is 9.18 Å². The molecule has 29 heavy (non-hydrogen) atoms. The highest BCUT2D eigenvalue weighted by Crippen LogP contribution is 2.30. The van der Waals surface area contributed by atoms with Crippen LogP contribution in [0.2, 0.25) is 0 Å². The highest BCUT2D eigenvalue weighted by atomic mass is 19.1. The molecule has 2 heterocycles. The van der Waals surface area contributed by atoms with Crippen LogP contribution in [0, 0.1) is 5.82 Å². The van der Waals surface area contributed by atoms with Crippen LogP contribution in [0.1, 0.15) is 19.4 Å². The summed E-state index contributed by atoms with van der Waals surface area (Å²) >= 11 is 0. The lowest BCUT2D eigenvalue weighted by Crippen LogP contribution is -2.49. The van der Waals surface area contributed by atoms with E-state index < -0.39 is 11.4 Å². The first-order chi connectivity index (χ1) is 14.0. The van der Waals surface area contributed by atoms with Gasteiger partial charge in [0.2, 0.25) is 0 Å². The molecule has 1 fully saturated rings. The first kappa shape index (κ1) is 19.5. The minimum atomic E-state index is -0.477. The summed E-state index contributed by atoms with van der Waals surface area (Å²) in [4.78, 5) is 14.8. The van der Waals surface area contributed by atoms with Gasteiger partial charge in [0.05, 0.1) is 18.1 Å². The van der Waals surface area contributed by atoms with Gasteiger partial charge in [-0.1, -0.05) is 13.0 Å². The number of rotatable bonds is 4. The third-order valence-corrected chi connectivity index (χ3v) is 5.49.